The lowest BCUT2D eigenvalue weighted by molar-refractivity contribution is 0.0465. The predicted octanol–water partition coefficient (Wildman–Crippen LogP) is 4.21. The van der Waals surface area contributed by atoms with Crippen LogP contribution in [0.1, 0.15) is 41.4 Å². The standard InChI is InChI=1S/C20H19NO2/c1-20(2)15-10-6-7-11-16(15)21(3)18(20)12-17-13-8-4-5-9-14(13)19(22)23-17/h4-12,17H,1-3H3/b18-12+. The van der Waals surface area contributed by atoms with Gasteiger partial charge in [-0.05, 0) is 23.8 Å². The Morgan fingerprint density at radius 2 is 1.78 bits per heavy atom. The van der Waals surface area contributed by atoms with Crippen molar-refractivity contribution in [3.63, 3.8) is 0 Å². The molecule has 0 saturated heterocycles. The second-order valence-corrected chi connectivity index (χ2v) is 6.67. The molecule has 3 heteroatoms. The molecule has 0 amide bonds. The number of ether oxygens (including phenoxy) is 1. The Morgan fingerprint density at radius 3 is 2.57 bits per heavy atom. The number of nitrogens with zero attached hydrogens (tertiary/aromatic N) is 1. The monoisotopic (exact) mass is 305 g/mol. The molecule has 0 radical (unpaired) electrons. The molecule has 23 heavy (non-hydrogen) atoms. The van der Waals surface area contributed by atoms with Gasteiger partial charge in [0.2, 0.25) is 0 Å². The molecule has 2 aromatic carbocycles. The Morgan fingerprint density at radius 1 is 1.09 bits per heavy atom. The fraction of sp³-hybridized carbons (Fsp3) is 0.250. The van der Waals surface area contributed by atoms with E-state index in [1.165, 1.54) is 11.3 Å². The van der Waals surface area contributed by atoms with Crippen molar-refractivity contribution >= 4 is 11.7 Å². The number of fused-ring (bicyclic) bond motifs is 2. The molecule has 0 aromatic heterocycles. The highest BCUT2D eigenvalue weighted by Crippen LogP contribution is 2.48. The van der Waals surface area contributed by atoms with Crippen LogP contribution in [0.3, 0.4) is 0 Å². The van der Waals surface area contributed by atoms with Gasteiger partial charge in [-0.3, -0.25) is 0 Å². The summed E-state index contributed by atoms with van der Waals surface area (Å²) in [4.78, 5) is 14.2. The molecule has 0 saturated carbocycles. The van der Waals surface area contributed by atoms with E-state index in [0.717, 1.165) is 11.3 Å². The number of cyclic esters (lactones) is 1. The largest absolute Gasteiger partial charge is 0.449 e. The predicted molar refractivity (Wildman–Crippen MR) is 90.6 cm³/mol. The van der Waals surface area contributed by atoms with Crippen molar-refractivity contribution in [2.75, 3.05) is 11.9 Å². The van der Waals surface area contributed by atoms with Gasteiger partial charge in [0.15, 0.2) is 0 Å². The van der Waals surface area contributed by atoms with Gasteiger partial charge in [-0.2, -0.15) is 0 Å². The van der Waals surface area contributed by atoms with Gasteiger partial charge in [0.25, 0.3) is 0 Å². The molecule has 1 atom stereocenters. The van der Waals surface area contributed by atoms with Crippen molar-refractivity contribution in [3.05, 3.63) is 77.0 Å². The van der Waals surface area contributed by atoms with Crippen LogP contribution in [0.5, 0.6) is 0 Å². The Kier molecular flexibility index (Phi) is 2.89. The highest BCUT2D eigenvalue weighted by molar-refractivity contribution is 5.94. The molecule has 116 valence electrons. The number of carbonyl (C=O) groups is 1. The molecular weight excluding hydrogens is 286 g/mol. The number of hydrogen-bond acceptors (Lipinski definition) is 3. The topological polar surface area (TPSA) is 29.5 Å². The van der Waals surface area contributed by atoms with Crippen molar-refractivity contribution in [1.29, 1.82) is 0 Å². The van der Waals surface area contributed by atoms with E-state index in [1.54, 1.807) is 0 Å². The van der Waals surface area contributed by atoms with Gasteiger partial charge in [-0.1, -0.05) is 50.2 Å². The minimum absolute atomic E-state index is 0.116. The minimum Gasteiger partial charge on any atom is -0.449 e. The maximum absolute atomic E-state index is 12.0. The average Bonchev–Trinajstić information content (AvgIpc) is 2.97. The van der Waals surface area contributed by atoms with E-state index in [0.29, 0.717) is 5.56 Å². The summed E-state index contributed by atoms with van der Waals surface area (Å²) >= 11 is 0. The number of allylic oxidation sites excluding steroid dienone is 1. The SMILES string of the molecule is CN1/C(=C/C2OC(=O)c3ccccc32)C(C)(C)c2ccccc21. The molecule has 0 aliphatic carbocycles. The molecule has 4 rings (SSSR count). The summed E-state index contributed by atoms with van der Waals surface area (Å²) in [6.45, 7) is 4.42. The first-order valence-electron chi connectivity index (χ1n) is 7.85. The maximum atomic E-state index is 12.0. The van der Waals surface area contributed by atoms with Crippen LogP contribution in [0, 0.1) is 0 Å². The molecular formula is C20H19NO2. The molecule has 1 unspecified atom stereocenters. The van der Waals surface area contributed by atoms with Crippen LogP contribution < -0.4 is 4.90 Å². The number of esters is 1. The van der Waals surface area contributed by atoms with E-state index in [4.69, 9.17) is 4.74 Å². The second-order valence-electron chi connectivity index (χ2n) is 6.67. The summed E-state index contributed by atoms with van der Waals surface area (Å²) in [6.07, 6.45) is 1.77. The van der Waals surface area contributed by atoms with Crippen LogP contribution >= 0.6 is 0 Å². The first kappa shape index (κ1) is 14.1. The van der Waals surface area contributed by atoms with Crippen molar-refractivity contribution in [3.8, 4) is 0 Å². The molecule has 0 spiro atoms. The van der Waals surface area contributed by atoms with Crippen molar-refractivity contribution < 1.29 is 9.53 Å². The number of benzene rings is 2. The lowest BCUT2D eigenvalue weighted by Crippen LogP contribution is -2.23. The van der Waals surface area contributed by atoms with Gasteiger partial charge in [-0.25, -0.2) is 4.79 Å². The van der Waals surface area contributed by atoms with Crippen LogP contribution in [0.4, 0.5) is 5.69 Å². The lowest BCUT2D eigenvalue weighted by atomic mass is 9.83. The highest BCUT2D eigenvalue weighted by atomic mass is 16.5. The minimum atomic E-state index is -0.315. The van der Waals surface area contributed by atoms with E-state index in [1.807, 2.05) is 24.3 Å². The Balaban J connectivity index is 1.81. The first-order valence-corrected chi connectivity index (χ1v) is 7.85. The van der Waals surface area contributed by atoms with Gasteiger partial charge < -0.3 is 9.64 Å². The summed E-state index contributed by atoms with van der Waals surface area (Å²) in [5.41, 5.74) is 5.17. The first-order chi connectivity index (χ1) is 11.0. The second kappa shape index (κ2) is 4.72. The zero-order chi connectivity index (χ0) is 16.2. The number of likely N-dealkylation sites (N-methyl/N-ethyl adjacent to an activating group) is 1. The van der Waals surface area contributed by atoms with Crippen LogP contribution in [0.2, 0.25) is 0 Å². The van der Waals surface area contributed by atoms with Gasteiger partial charge in [0.05, 0.1) is 5.56 Å². The highest BCUT2D eigenvalue weighted by Gasteiger charge is 2.40. The van der Waals surface area contributed by atoms with Gasteiger partial charge in [0.1, 0.15) is 6.10 Å². The maximum Gasteiger partial charge on any atom is 0.339 e. The van der Waals surface area contributed by atoms with Gasteiger partial charge in [0, 0.05) is 29.4 Å². The fourth-order valence-corrected chi connectivity index (χ4v) is 3.74. The van der Waals surface area contributed by atoms with E-state index in [2.05, 4.69) is 56.1 Å². The normalized spacial score (nSPS) is 22.9. The zero-order valence-corrected chi connectivity index (χ0v) is 13.5. The molecule has 2 aliphatic rings. The van der Waals surface area contributed by atoms with Crippen LogP contribution in [0.15, 0.2) is 60.3 Å². The Labute approximate surface area is 136 Å². The summed E-state index contributed by atoms with van der Waals surface area (Å²) in [7, 11) is 2.07. The number of hydrogen-bond donors (Lipinski definition) is 0. The molecule has 0 N–H and O–H groups in total. The van der Waals surface area contributed by atoms with E-state index in [9.17, 15) is 4.79 Å². The number of carbonyl (C=O) groups excluding carboxylic acids is 1. The zero-order valence-electron chi connectivity index (χ0n) is 13.5. The number of anilines is 1. The molecule has 3 nitrogen and oxygen atoms in total. The lowest BCUT2D eigenvalue weighted by Gasteiger charge is -2.25. The van der Waals surface area contributed by atoms with Crippen molar-refractivity contribution in [1.82, 2.24) is 0 Å². The van der Waals surface area contributed by atoms with Crippen molar-refractivity contribution in [2.45, 2.75) is 25.4 Å². The van der Waals surface area contributed by atoms with Crippen molar-refractivity contribution in [2.24, 2.45) is 0 Å². The van der Waals surface area contributed by atoms with Crippen LogP contribution in [-0.2, 0) is 10.2 Å². The summed E-state index contributed by atoms with van der Waals surface area (Å²) in [5, 5.41) is 0. The third kappa shape index (κ3) is 1.93. The van der Waals surface area contributed by atoms with E-state index in [-0.39, 0.29) is 17.5 Å². The summed E-state index contributed by atoms with van der Waals surface area (Å²) in [6, 6.07) is 16.0. The van der Waals surface area contributed by atoms with E-state index >= 15 is 0 Å². The molecule has 0 bridgehead atoms. The molecule has 2 aromatic rings. The van der Waals surface area contributed by atoms with Gasteiger partial charge >= 0.3 is 5.97 Å². The third-order valence-corrected chi connectivity index (χ3v) is 4.97. The Hall–Kier alpha value is -2.55. The molecule has 2 heterocycles. The molecule has 0 fully saturated rings. The summed E-state index contributed by atoms with van der Waals surface area (Å²) in [5.74, 6) is -0.238. The van der Waals surface area contributed by atoms with Crippen LogP contribution in [0.25, 0.3) is 0 Å². The van der Waals surface area contributed by atoms with Crippen LogP contribution in [-0.4, -0.2) is 13.0 Å². The van der Waals surface area contributed by atoms with E-state index < -0.39 is 0 Å². The smallest absolute Gasteiger partial charge is 0.339 e. The molecule has 2 aliphatic heterocycles. The quantitative estimate of drug-likeness (QED) is 0.739. The number of para-hydroxylation sites is 1. The fourth-order valence-electron chi connectivity index (χ4n) is 3.74. The Bertz CT molecular complexity index is 835. The summed E-state index contributed by atoms with van der Waals surface area (Å²) < 4.78 is 5.59. The van der Waals surface area contributed by atoms with Gasteiger partial charge in [-0.15, -0.1) is 0 Å². The number of rotatable bonds is 1. The average molecular weight is 305 g/mol. The third-order valence-electron chi connectivity index (χ3n) is 4.97.